The van der Waals surface area contributed by atoms with Crippen LogP contribution in [0, 0.1) is 0 Å². The minimum Gasteiger partial charge on any atom is -0.497 e. The molecule has 2 unspecified atom stereocenters. The molecule has 144 valence electrons. The number of aliphatic carboxylic acids is 1. The number of hydrogen-bond acceptors (Lipinski definition) is 5. The Labute approximate surface area is 161 Å². The smallest absolute Gasteiger partial charge is 0.306 e. The number of nitrogens with one attached hydrogen (secondary N) is 2. The molecule has 1 aromatic carbocycles. The first-order valence-electron chi connectivity index (χ1n) is 8.28. The Morgan fingerprint density at radius 3 is 2.59 bits per heavy atom. The van der Waals surface area contributed by atoms with E-state index in [1.54, 1.807) is 55.6 Å². The second-order valence-corrected chi connectivity index (χ2v) is 7.24. The summed E-state index contributed by atoms with van der Waals surface area (Å²) in [6.45, 7) is 3.18. The van der Waals surface area contributed by atoms with E-state index in [1.807, 2.05) is 0 Å². The maximum atomic E-state index is 12.6. The first kappa shape index (κ1) is 20.4. The molecule has 2 amide bonds. The van der Waals surface area contributed by atoms with E-state index in [-0.39, 0.29) is 12.3 Å². The highest BCUT2D eigenvalue weighted by molar-refractivity contribution is 7.12. The molecule has 0 saturated heterocycles. The van der Waals surface area contributed by atoms with E-state index in [4.69, 9.17) is 4.74 Å². The molecule has 1 heterocycles. The van der Waals surface area contributed by atoms with Crippen LogP contribution in [0.4, 0.5) is 0 Å². The standard InChI is InChI=1S/C19H22N2O5S/c1-12(20-18(25)15-8-5-9-27-15)17(24)21-19(2,11-16(22)23)13-6-4-7-14(10-13)26-3/h4-10,12H,11H2,1-3H3,(H,20,25)(H,21,24)(H,22,23). The third-order valence-electron chi connectivity index (χ3n) is 4.10. The highest BCUT2D eigenvalue weighted by atomic mass is 32.1. The van der Waals surface area contributed by atoms with Gasteiger partial charge in [0, 0.05) is 0 Å². The van der Waals surface area contributed by atoms with E-state index < -0.39 is 23.5 Å². The summed E-state index contributed by atoms with van der Waals surface area (Å²) in [5.41, 5.74) is -0.575. The molecule has 0 radical (unpaired) electrons. The Balaban J connectivity index is 2.17. The Bertz CT molecular complexity index is 821. The number of ether oxygens (including phenoxy) is 1. The van der Waals surface area contributed by atoms with Crippen LogP contribution in [0.25, 0.3) is 0 Å². The molecular formula is C19H22N2O5S. The molecule has 0 aliphatic rings. The molecule has 8 heteroatoms. The first-order chi connectivity index (χ1) is 12.7. The molecule has 0 saturated carbocycles. The molecular weight excluding hydrogens is 368 g/mol. The van der Waals surface area contributed by atoms with E-state index in [2.05, 4.69) is 10.6 Å². The third-order valence-corrected chi connectivity index (χ3v) is 4.97. The quantitative estimate of drug-likeness (QED) is 0.642. The maximum Gasteiger partial charge on any atom is 0.306 e. The average Bonchev–Trinajstić information content (AvgIpc) is 3.15. The predicted octanol–water partition coefficient (Wildman–Crippen LogP) is 2.38. The van der Waals surface area contributed by atoms with Crippen LogP contribution in [-0.2, 0) is 15.1 Å². The topological polar surface area (TPSA) is 105 Å². The van der Waals surface area contributed by atoms with E-state index in [9.17, 15) is 19.5 Å². The maximum absolute atomic E-state index is 12.6. The van der Waals surface area contributed by atoms with E-state index in [0.29, 0.717) is 16.2 Å². The van der Waals surface area contributed by atoms with Crippen LogP contribution in [0.5, 0.6) is 5.75 Å². The number of thiophene rings is 1. The van der Waals surface area contributed by atoms with Crippen molar-refractivity contribution in [3.8, 4) is 5.75 Å². The van der Waals surface area contributed by atoms with Crippen LogP contribution < -0.4 is 15.4 Å². The van der Waals surface area contributed by atoms with Gasteiger partial charge in [0.2, 0.25) is 5.91 Å². The lowest BCUT2D eigenvalue weighted by atomic mass is 9.88. The number of benzene rings is 1. The van der Waals surface area contributed by atoms with Gasteiger partial charge < -0.3 is 20.5 Å². The van der Waals surface area contributed by atoms with Gasteiger partial charge in [-0.15, -0.1) is 11.3 Å². The number of carbonyl (C=O) groups excluding carboxylic acids is 2. The summed E-state index contributed by atoms with van der Waals surface area (Å²) in [6, 6.07) is 9.43. The summed E-state index contributed by atoms with van der Waals surface area (Å²) in [5, 5.41) is 16.5. The van der Waals surface area contributed by atoms with Gasteiger partial charge >= 0.3 is 5.97 Å². The van der Waals surface area contributed by atoms with Crippen molar-refractivity contribution in [1.82, 2.24) is 10.6 Å². The fourth-order valence-electron chi connectivity index (χ4n) is 2.61. The van der Waals surface area contributed by atoms with Crippen molar-refractivity contribution in [2.45, 2.75) is 31.8 Å². The summed E-state index contributed by atoms with van der Waals surface area (Å²) in [5.74, 6) is -1.34. The molecule has 2 rings (SSSR count). The third kappa shape index (κ3) is 5.30. The van der Waals surface area contributed by atoms with Gasteiger partial charge in [0.1, 0.15) is 11.8 Å². The average molecular weight is 390 g/mol. The van der Waals surface area contributed by atoms with Crippen molar-refractivity contribution in [1.29, 1.82) is 0 Å². The summed E-state index contributed by atoms with van der Waals surface area (Å²) in [7, 11) is 1.51. The van der Waals surface area contributed by atoms with Crippen molar-refractivity contribution >= 4 is 29.1 Å². The van der Waals surface area contributed by atoms with Gasteiger partial charge in [-0.05, 0) is 43.0 Å². The number of amides is 2. The zero-order valence-corrected chi connectivity index (χ0v) is 16.1. The second-order valence-electron chi connectivity index (χ2n) is 6.30. The summed E-state index contributed by atoms with van der Waals surface area (Å²) in [6.07, 6.45) is -0.322. The molecule has 0 bridgehead atoms. The zero-order valence-electron chi connectivity index (χ0n) is 15.3. The molecule has 0 spiro atoms. The highest BCUT2D eigenvalue weighted by Gasteiger charge is 2.33. The van der Waals surface area contributed by atoms with Crippen LogP contribution in [-0.4, -0.2) is 36.0 Å². The van der Waals surface area contributed by atoms with Crippen molar-refractivity contribution in [2.24, 2.45) is 0 Å². The second kappa shape index (κ2) is 8.68. The lowest BCUT2D eigenvalue weighted by Crippen LogP contribution is -2.52. The van der Waals surface area contributed by atoms with Crippen LogP contribution >= 0.6 is 11.3 Å². The minimum absolute atomic E-state index is 0.322. The van der Waals surface area contributed by atoms with Crippen molar-refractivity contribution in [3.05, 3.63) is 52.2 Å². The molecule has 1 aromatic heterocycles. The number of rotatable bonds is 8. The van der Waals surface area contributed by atoms with Crippen LogP contribution in [0.1, 0.15) is 35.5 Å². The fourth-order valence-corrected chi connectivity index (χ4v) is 3.24. The molecule has 0 fully saturated rings. The Hall–Kier alpha value is -2.87. The van der Waals surface area contributed by atoms with Crippen molar-refractivity contribution < 1.29 is 24.2 Å². The molecule has 27 heavy (non-hydrogen) atoms. The van der Waals surface area contributed by atoms with E-state index in [0.717, 1.165) is 0 Å². The number of carboxylic acids is 1. The number of carboxylic acid groups (broad SMARTS) is 1. The fraction of sp³-hybridized carbons (Fsp3) is 0.316. The zero-order chi connectivity index (χ0) is 20.0. The molecule has 0 aliphatic carbocycles. The predicted molar refractivity (Wildman–Crippen MR) is 102 cm³/mol. The lowest BCUT2D eigenvalue weighted by Gasteiger charge is -2.31. The number of carbonyl (C=O) groups is 3. The number of methoxy groups -OCH3 is 1. The van der Waals surface area contributed by atoms with E-state index in [1.165, 1.54) is 18.4 Å². The van der Waals surface area contributed by atoms with Gasteiger partial charge in [0.05, 0.1) is 23.9 Å². The van der Waals surface area contributed by atoms with Crippen molar-refractivity contribution in [2.75, 3.05) is 7.11 Å². The van der Waals surface area contributed by atoms with Gasteiger partial charge in [-0.1, -0.05) is 18.2 Å². The minimum atomic E-state index is -1.17. The summed E-state index contributed by atoms with van der Waals surface area (Å²) in [4.78, 5) is 36.6. The molecule has 3 N–H and O–H groups in total. The molecule has 2 aromatic rings. The molecule has 2 atom stereocenters. The molecule has 0 aliphatic heterocycles. The van der Waals surface area contributed by atoms with Gasteiger partial charge in [0.15, 0.2) is 0 Å². The Kier molecular flexibility index (Phi) is 6.57. The summed E-state index contributed by atoms with van der Waals surface area (Å²) < 4.78 is 5.19. The highest BCUT2D eigenvalue weighted by Crippen LogP contribution is 2.28. The Morgan fingerprint density at radius 1 is 1.26 bits per heavy atom. The normalized spacial score (nSPS) is 13.9. The Morgan fingerprint density at radius 2 is 2.00 bits per heavy atom. The van der Waals surface area contributed by atoms with Crippen LogP contribution in [0.3, 0.4) is 0 Å². The lowest BCUT2D eigenvalue weighted by molar-refractivity contribution is -0.139. The summed E-state index contributed by atoms with van der Waals surface area (Å²) >= 11 is 1.27. The van der Waals surface area contributed by atoms with Crippen LogP contribution in [0.2, 0.25) is 0 Å². The van der Waals surface area contributed by atoms with Gasteiger partial charge in [-0.25, -0.2) is 0 Å². The van der Waals surface area contributed by atoms with Crippen LogP contribution in [0.15, 0.2) is 41.8 Å². The van der Waals surface area contributed by atoms with Gasteiger partial charge in [0.25, 0.3) is 5.91 Å². The largest absolute Gasteiger partial charge is 0.497 e. The van der Waals surface area contributed by atoms with Gasteiger partial charge in [-0.3, -0.25) is 14.4 Å². The van der Waals surface area contributed by atoms with Gasteiger partial charge in [-0.2, -0.15) is 0 Å². The van der Waals surface area contributed by atoms with E-state index >= 15 is 0 Å². The SMILES string of the molecule is COc1cccc(C(C)(CC(=O)O)NC(=O)C(C)NC(=O)c2cccs2)c1. The molecule has 7 nitrogen and oxygen atoms in total. The monoisotopic (exact) mass is 390 g/mol. The number of hydrogen-bond donors (Lipinski definition) is 3. The first-order valence-corrected chi connectivity index (χ1v) is 9.16. The van der Waals surface area contributed by atoms with Crippen molar-refractivity contribution in [3.63, 3.8) is 0 Å².